The molecule has 0 radical (unpaired) electrons. The summed E-state index contributed by atoms with van der Waals surface area (Å²) in [4.78, 5) is 0. The van der Waals surface area contributed by atoms with Gasteiger partial charge in [0.1, 0.15) is 0 Å². The number of nitrogens with two attached hydrogens (primary N) is 1. The molecule has 0 aromatic rings. The number of rotatable bonds is 3. The van der Waals surface area contributed by atoms with Crippen LogP contribution in [-0.2, 0) is 14.9 Å². The van der Waals surface area contributed by atoms with Crippen molar-refractivity contribution in [3.8, 4) is 0 Å². The van der Waals surface area contributed by atoms with Crippen molar-refractivity contribution in [3.63, 3.8) is 0 Å². The lowest BCUT2D eigenvalue weighted by molar-refractivity contribution is -0.0242. The quantitative estimate of drug-likeness (QED) is 0.795. The molecule has 0 saturated carbocycles. The summed E-state index contributed by atoms with van der Waals surface area (Å²) in [6, 6.07) is -0.120. The van der Waals surface area contributed by atoms with Crippen molar-refractivity contribution in [2.75, 3.05) is 32.8 Å². The Labute approximate surface area is 116 Å². The molecular weight excluding hydrogens is 266 g/mol. The van der Waals surface area contributed by atoms with Crippen molar-refractivity contribution in [1.29, 1.82) is 0 Å². The van der Waals surface area contributed by atoms with Gasteiger partial charge >= 0.3 is 0 Å². The highest BCUT2D eigenvalue weighted by molar-refractivity contribution is 7.86. The summed E-state index contributed by atoms with van der Waals surface area (Å²) in [6.07, 6.45) is 1.86. The summed E-state index contributed by atoms with van der Waals surface area (Å²) in [6.45, 7) is 6.39. The first-order valence-corrected chi connectivity index (χ1v) is 8.43. The van der Waals surface area contributed by atoms with Crippen LogP contribution in [0.1, 0.15) is 26.7 Å². The Kier molecular flexibility index (Phi) is 4.84. The van der Waals surface area contributed by atoms with E-state index in [-0.39, 0.29) is 12.1 Å². The van der Waals surface area contributed by atoms with E-state index in [1.165, 1.54) is 0 Å². The van der Waals surface area contributed by atoms with E-state index >= 15 is 0 Å². The molecule has 3 atom stereocenters. The molecule has 7 heteroatoms. The Morgan fingerprint density at radius 2 is 2.05 bits per heavy atom. The Morgan fingerprint density at radius 3 is 2.68 bits per heavy atom. The van der Waals surface area contributed by atoms with Gasteiger partial charge in [-0.2, -0.15) is 17.0 Å². The molecule has 6 nitrogen and oxygen atoms in total. The first-order chi connectivity index (χ1) is 8.95. The summed E-state index contributed by atoms with van der Waals surface area (Å²) in [5.41, 5.74) is 5.59. The minimum absolute atomic E-state index is 0.120. The smallest absolute Gasteiger partial charge is 0.282 e. The Morgan fingerprint density at radius 1 is 1.32 bits per heavy atom. The topological polar surface area (TPSA) is 75.9 Å². The molecule has 2 aliphatic rings. The molecule has 0 amide bonds. The maximum atomic E-state index is 12.7. The van der Waals surface area contributed by atoms with Gasteiger partial charge in [-0.05, 0) is 25.7 Å². The Balaban J connectivity index is 2.12. The largest absolute Gasteiger partial charge is 0.374 e. The predicted octanol–water partition coefficient (Wildman–Crippen LogP) is 0.0111. The zero-order chi connectivity index (χ0) is 14.0. The third kappa shape index (κ3) is 3.28. The lowest BCUT2D eigenvalue weighted by Crippen LogP contribution is -2.57. The standard InChI is InChI=1S/C12H25N3O3S/c1-10-4-3-5-14(7-10)19(16,17)15-8-12(6-13)18-9-11(15)2/h10-12H,3-9,13H2,1-2H3. The third-order valence-electron chi connectivity index (χ3n) is 3.95. The van der Waals surface area contributed by atoms with Crippen LogP contribution < -0.4 is 5.73 Å². The average molecular weight is 291 g/mol. The molecule has 2 rings (SSSR count). The molecule has 112 valence electrons. The molecule has 2 saturated heterocycles. The molecule has 0 spiro atoms. The molecule has 19 heavy (non-hydrogen) atoms. The number of hydrogen-bond acceptors (Lipinski definition) is 4. The second-order valence-electron chi connectivity index (χ2n) is 5.72. The Hall–Kier alpha value is -0.210. The monoisotopic (exact) mass is 291 g/mol. The molecule has 2 fully saturated rings. The highest BCUT2D eigenvalue weighted by Crippen LogP contribution is 2.24. The van der Waals surface area contributed by atoms with Gasteiger partial charge in [-0.3, -0.25) is 0 Å². The zero-order valence-electron chi connectivity index (χ0n) is 11.8. The highest BCUT2D eigenvalue weighted by Gasteiger charge is 2.38. The minimum atomic E-state index is -3.38. The van der Waals surface area contributed by atoms with E-state index < -0.39 is 10.2 Å². The van der Waals surface area contributed by atoms with Crippen LogP contribution in [0.5, 0.6) is 0 Å². The van der Waals surface area contributed by atoms with Crippen LogP contribution in [0, 0.1) is 5.92 Å². The normalized spacial score (nSPS) is 35.4. The summed E-state index contributed by atoms with van der Waals surface area (Å²) >= 11 is 0. The van der Waals surface area contributed by atoms with E-state index in [4.69, 9.17) is 10.5 Å². The van der Waals surface area contributed by atoms with Crippen LogP contribution in [0.25, 0.3) is 0 Å². The van der Waals surface area contributed by atoms with Crippen LogP contribution in [-0.4, -0.2) is 62.0 Å². The van der Waals surface area contributed by atoms with Gasteiger partial charge in [0.05, 0.1) is 12.7 Å². The number of hydrogen-bond donors (Lipinski definition) is 1. The van der Waals surface area contributed by atoms with Gasteiger partial charge < -0.3 is 10.5 Å². The maximum absolute atomic E-state index is 12.7. The molecule has 2 N–H and O–H groups in total. The first-order valence-electron chi connectivity index (χ1n) is 7.03. The molecule has 3 unspecified atom stereocenters. The molecular formula is C12H25N3O3S. The number of nitrogens with zero attached hydrogens (tertiary/aromatic N) is 2. The summed E-state index contributed by atoms with van der Waals surface area (Å²) < 4.78 is 34.1. The van der Waals surface area contributed by atoms with Crippen molar-refractivity contribution >= 4 is 10.2 Å². The number of morpholine rings is 1. The molecule has 2 aliphatic heterocycles. The maximum Gasteiger partial charge on any atom is 0.282 e. The van der Waals surface area contributed by atoms with Crippen molar-refractivity contribution in [2.45, 2.75) is 38.8 Å². The summed E-state index contributed by atoms with van der Waals surface area (Å²) in [5, 5.41) is 0. The average Bonchev–Trinajstić information content (AvgIpc) is 2.39. The van der Waals surface area contributed by atoms with E-state index in [0.717, 1.165) is 12.8 Å². The third-order valence-corrected chi connectivity index (χ3v) is 6.04. The van der Waals surface area contributed by atoms with Gasteiger partial charge in [0.15, 0.2) is 0 Å². The van der Waals surface area contributed by atoms with Gasteiger partial charge in [0.25, 0.3) is 10.2 Å². The summed E-state index contributed by atoms with van der Waals surface area (Å²) in [7, 11) is -3.38. The predicted molar refractivity (Wildman–Crippen MR) is 73.9 cm³/mol. The van der Waals surface area contributed by atoms with E-state index in [1.807, 2.05) is 6.92 Å². The van der Waals surface area contributed by atoms with E-state index in [9.17, 15) is 8.42 Å². The zero-order valence-corrected chi connectivity index (χ0v) is 12.6. The first kappa shape index (κ1) is 15.2. The fraction of sp³-hybridized carbons (Fsp3) is 1.00. The van der Waals surface area contributed by atoms with Crippen LogP contribution >= 0.6 is 0 Å². The summed E-state index contributed by atoms with van der Waals surface area (Å²) in [5.74, 6) is 0.435. The lowest BCUT2D eigenvalue weighted by Gasteiger charge is -2.41. The molecule has 0 aromatic carbocycles. The fourth-order valence-electron chi connectivity index (χ4n) is 2.76. The van der Waals surface area contributed by atoms with E-state index in [0.29, 0.717) is 38.7 Å². The second-order valence-corrected chi connectivity index (χ2v) is 7.60. The molecule has 0 aliphatic carbocycles. The van der Waals surface area contributed by atoms with Gasteiger partial charge in [-0.1, -0.05) is 6.92 Å². The number of piperidine rings is 1. The van der Waals surface area contributed by atoms with E-state index in [2.05, 4.69) is 6.92 Å². The minimum Gasteiger partial charge on any atom is -0.374 e. The lowest BCUT2D eigenvalue weighted by atomic mass is 10.0. The molecule has 2 heterocycles. The second kappa shape index (κ2) is 6.05. The van der Waals surface area contributed by atoms with Crippen molar-refractivity contribution in [1.82, 2.24) is 8.61 Å². The van der Waals surface area contributed by atoms with Crippen LogP contribution in [0.3, 0.4) is 0 Å². The molecule has 0 aromatic heterocycles. The van der Waals surface area contributed by atoms with Crippen LogP contribution in [0.15, 0.2) is 0 Å². The van der Waals surface area contributed by atoms with Gasteiger partial charge in [0.2, 0.25) is 0 Å². The Bertz CT molecular complexity index is 401. The number of ether oxygens (including phenoxy) is 1. The van der Waals surface area contributed by atoms with Gasteiger partial charge in [-0.25, -0.2) is 0 Å². The van der Waals surface area contributed by atoms with Gasteiger partial charge in [-0.15, -0.1) is 0 Å². The van der Waals surface area contributed by atoms with Crippen LogP contribution in [0.2, 0.25) is 0 Å². The SMILES string of the molecule is CC1CCCN(S(=O)(=O)N2CC(CN)OCC2C)C1. The highest BCUT2D eigenvalue weighted by atomic mass is 32.2. The molecule has 0 bridgehead atoms. The van der Waals surface area contributed by atoms with E-state index in [1.54, 1.807) is 8.61 Å². The van der Waals surface area contributed by atoms with Crippen LogP contribution in [0.4, 0.5) is 0 Å². The fourth-order valence-corrected chi connectivity index (χ4v) is 4.73. The van der Waals surface area contributed by atoms with Crippen molar-refractivity contribution in [3.05, 3.63) is 0 Å². The van der Waals surface area contributed by atoms with Crippen molar-refractivity contribution < 1.29 is 13.2 Å². The van der Waals surface area contributed by atoms with Crippen molar-refractivity contribution in [2.24, 2.45) is 11.7 Å². The van der Waals surface area contributed by atoms with Gasteiger partial charge in [0, 0.05) is 32.2 Å².